The smallest absolute Gasteiger partial charge is 0.329 e. The molecular weight excluding hydrogens is 330 g/mol. The number of likely N-dealkylation sites (tertiary alicyclic amines) is 1. The van der Waals surface area contributed by atoms with Crippen molar-refractivity contribution in [3.05, 3.63) is 0 Å². The standard InChI is InChI=1S/C21H31NO4/c1-17(2)9-13-10-19(5,11-17)12-22(13)14(23)21-8-7-20(6,18(21,3)4)15(24)26-16(21)25/h13H,7-12H2,1-6H3. The second-order valence-electron chi connectivity index (χ2n) is 11.2. The summed E-state index contributed by atoms with van der Waals surface area (Å²) in [6, 6.07) is 0.179. The van der Waals surface area contributed by atoms with E-state index in [1.807, 2.05) is 25.7 Å². The van der Waals surface area contributed by atoms with Crippen LogP contribution in [0.2, 0.25) is 0 Å². The number of fused-ring (bicyclic) bond motifs is 4. The van der Waals surface area contributed by atoms with Crippen molar-refractivity contribution >= 4 is 17.8 Å². The molecule has 4 fully saturated rings. The maximum absolute atomic E-state index is 13.9. The maximum atomic E-state index is 13.9. The van der Waals surface area contributed by atoms with Gasteiger partial charge >= 0.3 is 11.9 Å². The highest BCUT2D eigenvalue weighted by atomic mass is 16.6. The van der Waals surface area contributed by atoms with Gasteiger partial charge in [-0.15, -0.1) is 0 Å². The molecule has 4 atom stereocenters. The van der Waals surface area contributed by atoms with E-state index in [1.165, 1.54) is 0 Å². The predicted molar refractivity (Wildman–Crippen MR) is 95.9 cm³/mol. The largest absolute Gasteiger partial charge is 0.392 e. The lowest BCUT2D eigenvalue weighted by Gasteiger charge is -2.49. The molecule has 5 nitrogen and oxygen atoms in total. The zero-order valence-corrected chi connectivity index (χ0v) is 16.9. The Morgan fingerprint density at radius 1 is 1.00 bits per heavy atom. The van der Waals surface area contributed by atoms with Gasteiger partial charge < -0.3 is 9.64 Å². The molecule has 0 N–H and O–H groups in total. The molecule has 4 aliphatic rings. The van der Waals surface area contributed by atoms with Crippen molar-refractivity contribution in [3.63, 3.8) is 0 Å². The summed E-state index contributed by atoms with van der Waals surface area (Å²) in [7, 11) is 0. The first-order valence-corrected chi connectivity index (χ1v) is 9.86. The quantitative estimate of drug-likeness (QED) is 0.531. The number of amides is 1. The zero-order valence-electron chi connectivity index (χ0n) is 16.9. The van der Waals surface area contributed by atoms with Crippen LogP contribution >= 0.6 is 0 Å². The summed E-state index contributed by atoms with van der Waals surface area (Å²) in [4.78, 5) is 41.2. The molecule has 144 valence electrons. The molecule has 0 aromatic carbocycles. The highest BCUT2D eigenvalue weighted by Gasteiger charge is 2.76. The molecule has 2 heterocycles. The van der Waals surface area contributed by atoms with Gasteiger partial charge in [0.05, 0.1) is 5.41 Å². The van der Waals surface area contributed by atoms with Crippen LogP contribution in [0.25, 0.3) is 0 Å². The van der Waals surface area contributed by atoms with E-state index in [9.17, 15) is 14.4 Å². The van der Waals surface area contributed by atoms with Gasteiger partial charge in [-0.05, 0) is 49.9 Å². The van der Waals surface area contributed by atoms with Gasteiger partial charge in [0, 0.05) is 18.0 Å². The number of ether oxygens (including phenoxy) is 1. The molecule has 4 rings (SSSR count). The van der Waals surface area contributed by atoms with Crippen molar-refractivity contribution in [1.82, 2.24) is 4.90 Å². The highest BCUT2D eigenvalue weighted by molar-refractivity contribution is 6.11. The van der Waals surface area contributed by atoms with Gasteiger partial charge in [-0.2, -0.15) is 0 Å². The molecule has 2 saturated heterocycles. The Morgan fingerprint density at radius 3 is 2.31 bits per heavy atom. The van der Waals surface area contributed by atoms with Crippen molar-refractivity contribution < 1.29 is 19.1 Å². The second kappa shape index (κ2) is 4.71. The van der Waals surface area contributed by atoms with E-state index in [2.05, 4.69) is 20.8 Å². The number of rotatable bonds is 1. The molecule has 0 aromatic rings. The van der Waals surface area contributed by atoms with Crippen LogP contribution in [0, 0.1) is 27.1 Å². The van der Waals surface area contributed by atoms with Crippen LogP contribution in [0.3, 0.4) is 0 Å². The van der Waals surface area contributed by atoms with Crippen molar-refractivity contribution in [2.75, 3.05) is 6.54 Å². The lowest BCUT2D eigenvalue weighted by Crippen LogP contribution is -2.63. The van der Waals surface area contributed by atoms with Gasteiger partial charge in [-0.25, -0.2) is 0 Å². The van der Waals surface area contributed by atoms with Gasteiger partial charge in [0.25, 0.3) is 0 Å². The van der Waals surface area contributed by atoms with E-state index < -0.39 is 28.2 Å². The van der Waals surface area contributed by atoms with Crippen LogP contribution in [-0.4, -0.2) is 35.3 Å². The Morgan fingerprint density at radius 2 is 1.65 bits per heavy atom. The van der Waals surface area contributed by atoms with Gasteiger partial charge in [0.2, 0.25) is 5.91 Å². The summed E-state index contributed by atoms with van der Waals surface area (Å²) in [6.45, 7) is 13.2. The number of carbonyl (C=O) groups is 3. The lowest BCUT2D eigenvalue weighted by atomic mass is 9.56. The second-order valence-corrected chi connectivity index (χ2v) is 11.2. The van der Waals surface area contributed by atoms with Gasteiger partial charge in [0.1, 0.15) is 0 Å². The van der Waals surface area contributed by atoms with Gasteiger partial charge in [-0.3, -0.25) is 14.4 Å². The molecule has 1 amide bonds. The Kier molecular flexibility index (Phi) is 3.26. The van der Waals surface area contributed by atoms with E-state index in [-0.39, 0.29) is 22.8 Å². The lowest BCUT2D eigenvalue weighted by molar-refractivity contribution is -0.199. The summed E-state index contributed by atoms with van der Waals surface area (Å²) < 4.78 is 5.15. The summed E-state index contributed by atoms with van der Waals surface area (Å²) >= 11 is 0. The average Bonchev–Trinajstić information content (AvgIpc) is 2.81. The predicted octanol–water partition coefficient (Wildman–Crippen LogP) is 3.31. The normalized spacial score (nSPS) is 45.6. The molecular formula is C21H31NO4. The molecule has 2 saturated carbocycles. The average molecular weight is 361 g/mol. The van der Waals surface area contributed by atoms with E-state index >= 15 is 0 Å². The first-order chi connectivity index (χ1) is 11.8. The number of carbonyl (C=O) groups excluding carboxylic acids is 3. The summed E-state index contributed by atoms with van der Waals surface area (Å²) in [5.74, 6) is -1.20. The molecule has 2 aliphatic carbocycles. The first kappa shape index (κ1) is 18.0. The fourth-order valence-electron chi connectivity index (χ4n) is 6.94. The molecule has 26 heavy (non-hydrogen) atoms. The molecule has 0 radical (unpaired) electrons. The van der Waals surface area contributed by atoms with Crippen LogP contribution in [0.15, 0.2) is 0 Å². The number of nitrogens with zero attached hydrogens (tertiary/aromatic N) is 1. The Hall–Kier alpha value is -1.39. The monoisotopic (exact) mass is 361 g/mol. The van der Waals surface area contributed by atoms with E-state index in [4.69, 9.17) is 4.74 Å². The summed E-state index contributed by atoms with van der Waals surface area (Å²) in [6.07, 6.45) is 4.00. The highest BCUT2D eigenvalue weighted by Crippen LogP contribution is 2.67. The number of cyclic esters (lactones) is 2. The number of hydrogen-bond donors (Lipinski definition) is 0. The van der Waals surface area contributed by atoms with Crippen molar-refractivity contribution in [2.24, 2.45) is 27.1 Å². The molecule has 4 unspecified atom stereocenters. The minimum atomic E-state index is -1.23. The minimum absolute atomic E-state index is 0.102. The van der Waals surface area contributed by atoms with E-state index in [1.54, 1.807) is 0 Å². The third-order valence-electron chi connectivity index (χ3n) is 8.47. The Labute approximate surface area is 155 Å². The molecule has 0 aromatic heterocycles. The summed E-state index contributed by atoms with van der Waals surface area (Å²) in [5.41, 5.74) is -2.44. The van der Waals surface area contributed by atoms with E-state index in [0.29, 0.717) is 19.4 Å². The molecule has 2 aliphatic heterocycles. The number of hydrogen-bond acceptors (Lipinski definition) is 4. The third kappa shape index (κ3) is 1.90. The third-order valence-corrected chi connectivity index (χ3v) is 8.47. The van der Waals surface area contributed by atoms with Gasteiger partial charge in [0.15, 0.2) is 5.41 Å². The van der Waals surface area contributed by atoms with Crippen molar-refractivity contribution in [3.8, 4) is 0 Å². The molecule has 5 heteroatoms. The maximum Gasteiger partial charge on any atom is 0.329 e. The first-order valence-electron chi connectivity index (χ1n) is 9.86. The van der Waals surface area contributed by atoms with Crippen LogP contribution in [-0.2, 0) is 19.1 Å². The van der Waals surface area contributed by atoms with Crippen molar-refractivity contribution in [1.29, 1.82) is 0 Å². The minimum Gasteiger partial charge on any atom is -0.392 e. The van der Waals surface area contributed by atoms with Crippen LogP contribution < -0.4 is 0 Å². The van der Waals surface area contributed by atoms with E-state index in [0.717, 1.165) is 19.3 Å². The van der Waals surface area contributed by atoms with Crippen LogP contribution in [0.1, 0.15) is 73.6 Å². The van der Waals surface area contributed by atoms with Crippen LogP contribution in [0.5, 0.6) is 0 Å². The van der Waals surface area contributed by atoms with Crippen molar-refractivity contribution in [2.45, 2.75) is 79.7 Å². The van der Waals surface area contributed by atoms with Gasteiger partial charge in [-0.1, -0.05) is 34.6 Å². The SMILES string of the molecule is CC1(C)CC2CC(C)(CN2C(=O)C23CCC(C)(C(=O)OC2=O)C3(C)C)C1. The topological polar surface area (TPSA) is 63.7 Å². The summed E-state index contributed by atoms with van der Waals surface area (Å²) in [5, 5.41) is 0. The fraction of sp³-hybridized carbons (Fsp3) is 0.857. The molecule has 0 spiro atoms. The molecule has 4 bridgehead atoms. The Balaban J connectivity index is 1.75. The zero-order chi connectivity index (χ0) is 19.3. The van der Waals surface area contributed by atoms with Crippen LogP contribution in [0.4, 0.5) is 0 Å². The Bertz CT molecular complexity index is 726. The fourth-order valence-corrected chi connectivity index (χ4v) is 6.94. The number of esters is 2.